The summed E-state index contributed by atoms with van der Waals surface area (Å²) in [6, 6.07) is 9.69. The van der Waals surface area contributed by atoms with Crippen molar-refractivity contribution in [3.8, 4) is 6.07 Å². The summed E-state index contributed by atoms with van der Waals surface area (Å²) in [6.07, 6.45) is -1.10. The van der Waals surface area contributed by atoms with Gasteiger partial charge in [-0.3, -0.25) is 9.59 Å². The molecule has 0 aliphatic rings. The van der Waals surface area contributed by atoms with Gasteiger partial charge in [0.05, 0.1) is 6.07 Å². The summed E-state index contributed by atoms with van der Waals surface area (Å²) in [5.41, 5.74) is -0.648. The second-order valence-electron chi connectivity index (χ2n) is 7.60. The van der Waals surface area contributed by atoms with Crippen molar-refractivity contribution < 1.29 is 19.1 Å². The Morgan fingerprint density at radius 2 is 1.64 bits per heavy atom. The van der Waals surface area contributed by atoms with E-state index < -0.39 is 35.5 Å². The van der Waals surface area contributed by atoms with Gasteiger partial charge in [0.25, 0.3) is 11.8 Å². The number of nitriles is 1. The van der Waals surface area contributed by atoms with Gasteiger partial charge >= 0.3 is 5.97 Å². The molecule has 0 aliphatic heterocycles. The van der Waals surface area contributed by atoms with Crippen LogP contribution in [0.1, 0.15) is 51.9 Å². The first kappa shape index (κ1) is 23.2. The second kappa shape index (κ2) is 9.88. The number of carbonyl (C=O) groups excluding carboxylic acids is 3. The van der Waals surface area contributed by atoms with E-state index in [1.165, 1.54) is 6.92 Å². The van der Waals surface area contributed by atoms with Crippen LogP contribution < -0.4 is 10.6 Å². The van der Waals surface area contributed by atoms with Gasteiger partial charge in [0.15, 0.2) is 6.10 Å². The lowest BCUT2D eigenvalue weighted by Crippen LogP contribution is -2.53. The van der Waals surface area contributed by atoms with E-state index in [2.05, 4.69) is 16.7 Å². The highest BCUT2D eigenvalue weighted by Gasteiger charge is 2.34. The Kier molecular flexibility index (Phi) is 8.17. The predicted molar refractivity (Wildman–Crippen MR) is 105 cm³/mol. The third-order valence-electron chi connectivity index (χ3n) is 4.68. The topological polar surface area (TPSA) is 108 Å². The zero-order valence-electron chi connectivity index (χ0n) is 17.3. The fourth-order valence-corrected chi connectivity index (χ4v) is 2.27. The number of hydrogen-bond acceptors (Lipinski definition) is 5. The molecule has 0 radical (unpaired) electrons. The minimum atomic E-state index is -1.10. The van der Waals surface area contributed by atoms with Crippen LogP contribution in [0, 0.1) is 23.2 Å². The van der Waals surface area contributed by atoms with Gasteiger partial charge in [-0.15, -0.1) is 0 Å². The maximum absolute atomic E-state index is 12.6. The van der Waals surface area contributed by atoms with E-state index in [9.17, 15) is 19.6 Å². The van der Waals surface area contributed by atoms with Gasteiger partial charge in [0.2, 0.25) is 0 Å². The summed E-state index contributed by atoms with van der Waals surface area (Å²) in [5.74, 6) is -2.04. The number of nitrogens with zero attached hydrogens (tertiary/aromatic N) is 1. The minimum absolute atomic E-state index is 0.127. The zero-order chi connectivity index (χ0) is 21.5. The summed E-state index contributed by atoms with van der Waals surface area (Å²) in [5, 5.41) is 14.6. The fourth-order valence-electron chi connectivity index (χ4n) is 2.27. The van der Waals surface area contributed by atoms with Gasteiger partial charge in [-0.2, -0.15) is 5.26 Å². The third kappa shape index (κ3) is 6.08. The van der Waals surface area contributed by atoms with Crippen LogP contribution in [0.5, 0.6) is 0 Å². The molecule has 1 rings (SSSR count). The largest absolute Gasteiger partial charge is 0.451 e. The van der Waals surface area contributed by atoms with Crippen molar-refractivity contribution in [2.75, 3.05) is 0 Å². The summed E-state index contributed by atoms with van der Waals surface area (Å²) in [4.78, 5) is 37.3. The van der Waals surface area contributed by atoms with Gasteiger partial charge in [0, 0.05) is 5.56 Å². The molecule has 0 aromatic heterocycles. The quantitative estimate of drug-likeness (QED) is 0.666. The first-order valence-corrected chi connectivity index (χ1v) is 9.31. The number of amides is 2. The van der Waals surface area contributed by atoms with E-state index in [-0.39, 0.29) is 11.8 Å². The number of nitrogens with one attached hydrogen (secondary N) is 2. The van der Waals surface area contributed by atoms with E-state index in [1.807, 2.05) is 13.8 Å². The Bertz CT molecular complexity index is 740. The van der Waals surface area contributed by atoms with Crippen LogP contribution in [0.2, 0.25) is 0 Å². The summed E-state index contributed by atoms with van der Waals surface area (Å²) in [7, 11) is 0. The number of esters is 1. The normalized spacial score (nSPS) is 15.1. The van der Waals surface area contributed by atoms with Gasteiger partial charge in [0.1, 0.15) is 11.6 Å². The average molecular weight is 387 g/mol. The van der Waals surface area contributed by atoms with E-state index in [4.69, 9.17) is 4.74 Å². The van der Waals surface area contributed by atoms with E-state index >= 15 is 0 Å². The lowest BCUT2D eigenvalue weighted by molar-refractivity contribution is -0.158. The Balaban J connectivity index is 2.79. The van der Waals surface area contributed by atoms with Crippen LogP contribution in [-0.2, 0) is 14.3 Å². The first-order valence-electron chi connectivity index (χ1n) is 9.31. The highest BCUT2D eigenvalue weighted by molar-refractivity contribution is 5.97. The molecule has 1 aromatic rings. The highest BCUT2D eigenvalue weighted by atomic mass is 16.5. The molecule has 28 heavy (non-hydrogen) atoms. The molecule has 152 valence electrons. The number of ether oxygens (including phenoxy) is 1. The van der Waals surface area contributed by atoms with Crippen molar-refractivity contribution >= 4 is 17.8 Å². The molecular formula is C21H29N3O4. The number of carbonyl (C=O) groups is 3. The van der Waals surface area contributed by atoms with Crippen molar-refractivity contribution in [3.63, 3.8) is 0 Å². The van der Waals surface area contributed by atoms with Crippen molar-refractivity contribution in [2.24, 2.45) is 11.8 Å². The molecule has 0 bridgehead atoms. The lowest BCUT2D eigenvalue weighted by Gasteiger charge is -2.29. The molecule has 0 aliphatic carbocycles. The molecule has 0 unspecified atom stereocenters. The lowest BCUT2D eigenvalue weighted by atomic mass is 9.90. The summed E-state index contributed by atoms with van der Waals surface area (Å²) >= 11 is 0. The molecule has 1 aromatic carbocycles. The van der Waals surface area contributed by atoms with Crippen LogP contribution in [0.4, 0.5) is 0 Å². The van der Waals surface area contributed by atoms with E-state index in [0.29, 0.717) is 5.56 Å². The van der Waals surface area contributed by atoms with Crippen LogP contribution in [-0.4, -0.2) is 35.5 Å². The van der Waals surface area contributed by atoms with Crippen LogP contribution >= 0.6 is 0 Å². The number of rotatable bonds is 8. The zero-order valence-corrected chi connectivity index (χ0v) is 17.3. The Labute approximate surface area is 166 Å². The van der Waals surface area contributed by atoms with Crippen molar-refractivity contribution in [2.45, 2.75) is 59.2 Å². The maximum Gasteiger partial charge on any atom is 0.329 e. The number of benzene rings is 1. The average Bonchev–Trinajstić information content (AvgIpc) is 2.65. The molecule has 2 amide bonds. The van der Waals surface area contributed by atoms with E-state index in [0.717, 1.165) is 0 Å². The number of hydrogen-bond donors (Lipinski definition) is 2. The molecule has 0 spiro atoms. The van der Waals surface area contributed by atoms with Gasteiger partial charge in [-0.05, 0) is 37.8 Å². The molecule has 0 saturated heterocycles. The van der Waals surface area contributed by atoms with Gasteiger partial charge in [-0.25, -0.2) is 4.79 Å². The van der Waals surface area contributed by atoms with Crippen LogP contribution in [0.15, 0.2) is 30.3 Å². The molecule has 7 nitrogen and oxygen atoms in total. The molecule has 0 saturated carbocycles. The van der Waals surface area contributed by atoms with Gasteiger partial charge in [-0.1, -0.05) is 45.9 Å². The smallest absolute Gasteiger partial charge is 0.329 e. The van der Waals surface area contributed by atoms with Crippen molar-refractivity contribution in [3.05, 3.63) is 35.9 Å². The standard InChI is InChI=1S/C21H29N3O4/c1-13(2)17(23-19(26)16-10-8-7-9-11-16)20(27)28-15(5)18(25)24-21(6,12-22)14(3)4/h7-11,13-15,17H,1-6H3,(H,23,26)(H,24,25)/t15-,17-,21+/m0/s1. The summed E-state index contributed by atoms with van der Waals surface area (Å²) < 4.78 is 5.27. The van der Waals surface area contributed by atoms with Crippen molar-refractivity contribution in [1.29, 1.82) is 5.26 Å². The van der Waals surface area contributed by atoms with E-state index in [1.54, 1.807) is 51.1 Å². The van der Waals surface area contributed by atoms with Gasteiger partial charge < -0.3 is 15.4 Å². The fraction of sp³-hybridized carbons (Fsp3) is 0.524. The molecule has 0 heterocycles. The SMILES string of the molecule is CC(C)[C@H](NC(=O)c1ccccc1)C(=O)O[C@@H](C)C(=O)N[C@](C)(C#N)C(C)C. The molecule has 3 atom stereocenters. The van der Waals surface area contributed by atoms with Crippen LogP contribution in [0.3, 0.4) is 0 Å². The summed E-state index contributed by atoms with van der Waals surface area (Å²) in [6.45, 7) is 10.2. The highest BCUT2D eigenvalue weighted by Crippen LogP contribution is 2.16. The minimum Gasteiger partial charge on any atom is -0.451 e. The third-order valence-corrected chi connectivity index (χ3v) is 4.68. The second-order valence-corrected chi connectivity index (χ2v) is 7.60. The molecule has 0 fully saturated rings. The monoisotopic (exact) mass is 387 g/mol. The van der Waals surface area contributed by atoms with Crippen molar-refractivity contribution in [1.82, 2.24) is 10.6 Å². The first-order chi connectivity index (χ1) is 13.0. The molecular weight excluding hydrogens is 358 g/mol. The molecule has 2 N–H and O–H groups in total. The molecule has 7 heteroatoms. The Morgan fingerprint density at radius 3 is 2.11 bits per heavy atom. The van der Waals surface area contributed by atoms with Crippen LogP contribution in [0.25, 0.3) is 0 Å². The predicted octanol–water partition coefficient (Wildman–Crippen LogP) is 2.43. The Morgan fingerprint density at radius 1 is 1.07 bits per heavy atom. The maximum atomic E-state index is 12.6. The Hall–Kier alpha value is -2.88.